The van der Waals surface area contributed by atoms with E-state index >= 15 is 0 Å². The number of fused-ring (bicyclic) bond motifs is 3. The number of ketones is 5. The first-order valence-corrected chi connectivity index (χ1v) is 14.7. The minimum atomic E-state index is -2.68. The smallest absolute Gasteiger partial charge is 0.190 e. The van der Waals surface area contributed by atoms with Gasteiger partial charge in [-0.05, 0) is 92.0 Å². The summed E-state index contributed by atoms with van der Waals surface area (Å²) in [6.45, 7) is 10.1. The number of carbonyl (C=O) groups excluding carboxylic acids is 5. The largest absolute Gasteiger partial charge is 0.507 e. The maximum atomic E-state index is 14.4. The van der Waals surface area contributed by atoms with Crippen molar-refractivity contribution in [3.05, 3.63) is 46.0 Å². The van der Waals surface area contributed by atoms with Gasteiger partial charge in [0.25, 0.3) is 0 Å². The average Bonchev–Trinajstić information content (AvgIpc) is 2.87. The molecule has 2 N–H and O–H groups in total. The number of phenols is 1. The SMILES string of the molecule is CC(=O)C1C(=O)C(C(C)C)[C@@]2(C)C[C@@]3(C)Cc4c(/C=C(\C)C5=CCCCC5)ccc(O)c4C(=O)C3C(=O)[C@@]2(O)C1=O. The van der Waals surface area contributed by atoms with E-state index in [-0.39, 0.29) is 30.1 Å². The Morgan fingerprint density at radius 3 is 2.32 bits per heavy atom. The molecule has 6 atom stereocenters. The molecular formula is C34H40O7. The zero-order valence-electron chi connectivity index (χ0n) is 24.8. The van der Waals surface area contributed by atoms with Crippen molar-refractivity contribution in [2.24, 2.45) is 34.5 Å². The monoisotopic (exact) mass is 560 g/mol. The Labute approximate surface area is 241 Å². The molecule has 0 heterocycles. The Bertz CT molecular complexity index is 1460. The van der Waals surface area contributed by atoms with E-state index in [0.717, 1.165) is 43.7 Å². The van der Waals surface area contributed by atoms with E-state index in [4.69, 9.17) is 0 Å². The van der Waals surface area contributed by atoms with Gasteiger partial charge in [-0.1, -0.05) is 45.9 Å². The van der Waals surface area contributed by atoms with Gasteiger partial charge in [-0.3, -0.25) is 24.0 Å². The molecule has 0 bridgehead atoms. The number of aliphatic hydroxyl groups is 1. The highest BCUT2D eigenvalue weighted by Crippen LogP contribution is 2.63. The Morgan fingerprint density at radius 2 is 1.73 bits per heavy atom. The molecule has 0 radical (unpaired) electrons. The van der Waals surface area contributed by atoms with Crippen LogP contribution in [0.15, 0.2) is 29.4 Å². The molecule has 0 saturated heterocycles. The molecule has 1 aromatic carbocycles. The summed E-state index contributed by atoms with van der Waals surface area (Å²) in [7, 11) is 0. The van der Waals surface area contributed by atoms with Crippen LogP contribution in [-0.4, -0.2) is 44.7 Å². The lowest BCUT2D eigenvalue weighted by Gasteiger charge is -2.61. The normalized spacial score (nSPS) is 35.6. The zero-order chi connectivity index (χ0) is 30.2. The molecule has 2 fully saturated rings. The highest BCUT2D eigenvalue weighted by atomic mass is 16.3. The van der Waals surface area contributed by atoms with Gasteiger partial charge < -0.3 is 10.2 Å². The van der Waals surface area contributed by atoms with E-state index in [1.807, 2.05) is 13.0 Å². The van der Waals surface area contributed by atoms with Gasteiger partial charge in [-0.2, -0.15) is 0 Å². The van der Waals surface area contributed by atoms with Gasteiger partial charge in [-0.15, -0.1) is 0 Å². The Balaban J connectivity index is 1.69. The van der Waals surface area contributed by atoms with E-state index in [0.29, 0.717) is 5.56 Å². The number of hydrogen-bond donors (Lipinski definition) is 2. The summed E-state index contributed by atoms with van der Waals surface area (Å²) in [5.41, 5.74) is -1.45. The number of phenolic OH excluding ortho intramolecular Hbond substituents is 1. The van der Waals surface area contributed by atoms with Crippen LogP contribution in [0.5, 0.6) is 5.75 Å². The van der Waals surface area contributed by atoms with Gasteiger partial charge >= 0.3 is 0 Å². The van der Waals surface area contributed by atoms with Crippen LogP contribution in [0.25, 0.3) is 6.08 Å². The van der Waals surface area contributed by atoms with E-state index in [1.54, 1.807) is 33.8 Å². The number of Topliss-reactive ketones (excluding diaryl/α,β-unsaturated/α-hetero) is 5. The van der Waals surface area contributed by atoms with E-state index in [2.05, 4.69) is 6.08 Å². The van der Waals surface area contributed by atoms with Crippen molar-refractivity contribution < 1.29 is 34.2 Å². The molecule has 0 aliphatic heterocycles. The third-order valence-corrected chi connectivity index (χ3v) is 10.5. The summed E-state index contributed by atoms with van der Waals surface area (Å²) < 4.78 is 0. The van der Waals surface area contributed by atoms with Gasteiger partial charge in [0.15, 0.2) is 28.7 Å². The predicted octanol–water partition coefficient (Wildman–Crippen LogP) is 5.00. The summed E-state index contributed by atoms with van der Waals surface area (Å²) in [6, 6.07) is 3.23. The van der Waals surface area contributed by atoms with Gasteiger partial charge in [0.1, 0.15) is 17.5 Å². The number of carbonyl (C=O) groups is 5. The van der Waals surface area contributed by atoms with Gasteiger partial charge in [0.2, 0.25) is 0 Å². The summed E-state index contributed by atoms with van der Waals surface area (Å²) in [5.74, 6) is -8.75. The average molecular weight is 561 g/mol. The molecule has 0 amide bonds. The van der Waals surface area contributed by atoms with E-state index in [1.165, 1.54) is 11.6 Å². The predicted molar refractivity (Wildman–Crippen MR) is 153 cm³/mol. The highest BCUT2D eigenvalue weighted by molar-refractivity contribution is 6.32. The van der Waals surface area contributed by atoms with Crippen molar-refractivity contribution in [2.45, 2.75) is 85.7 Å². The minimum Gasteiger partial charge on any atom is -0.507 e. The lowest BCUT2D eigenvalue weighted by Crippen LogP contribution is -2.76. The number of benzene rings is 1. The first kappa shape index (κ1) is 29.3. The number of aromatic hydroxyl groups is 1. The number of hydrogen-bond acceptors (Lipinski definition) is 7. The summed E-state index contributed by atoms with van der Waals surface area (Å²) in [6.07, 6.45) is 8.83. The van der Waals surface area contributed by atoms with Crippen molar-refractivity contribution in [1.29, 1.82) is 0 Å². The van der Waals surface area contributed by atoms with Crippen LogP contribution in [0.3, 0.4) is 0 Å². The van der Waals surface area contributed by atoms with Crippen LogP contribution in [-0.2, 0) is 25.6 Å². The Hall–Kier alpha value is -3.19. The minimum absolute atomic E-state index is 0.0371. The molecule has 41 heavy (non-hydrogen) atoms. The number of allylic oxidation sites excluding steroid dienone is 3. The fraction of sp³-hybridized carbons (Fsp3) is 0.559. The molecule has 0 spiro atoms. The van der Waals surface area contributed by atoms with Crippen LogP contribution in [0, 0.1) is 34.5 Å². The first-order valence-electron chi connectivity index (χ1n) is 14.7. The van der Waals surface area contributed by atoms with Crippen LogP contribution < -0.4 is 0 Å². The second kappa shape index (κ2) is 9.69. The molecule has 3 unspecified atom stereocenters. The number of rotatable bonds is 4. The van der Waals surface area contributed by atoms with Gasteiger partial charge in [0, 0.05) is 11.3 Å². The van der Waals surface area contributed by atoms with Crippen LogP contribution in [0.4, 0.5) is 0 Å². The van der Waals surface area contributed by atoms with E-state index < -0.39 is 63.1 Å². The molecule has 0 aromatic heterocycles. The summed E-state index contributed by atoms with van der Waals surface area (Å²) in [5, 5.41) is 23.0. The lowest BCUT2D eigenvalue weighted by molar-refractivity contribution is -0.205. The summed E-state index contributed by atoms with van der Waals surface area (Å²) >= 11 is 0. The third kappa shape index (κ3) is 3.98. The van der Waals surface area contributed by atoms with Gasteiger partial charge in [0.05, 0.1) is 11.5 Å². The van der Waals surface area contributed by atoms with Gasteiger partial charge in [-0.25, -0.2) is 0 Å². The fourth-order valence-corrected chi connectivity index (χ4v) is 8.82. The molecule has 218 valence electrons. The molecule has 4 aliphatic rings. The molecule has 5 rings (SSSR count). The fourth-order valence-electron chi connectivity index (χ4n) is 8.82. The van der Waals surface area contributed by atoms with Crippen LogP contribution in [0.2, 0.25) is 0 Å². The lowest BCUT2D eigenvalue weighted by atomic mass is 9.40. The Kier molecular flexibility index (Phi) is 6.92. The quantitative estimate of drug-likeness (QED) is 0.497. The highest BCUT2D eigenvalue weighted by Gasteiger charge is 2.76. The second-order valence-electron chi connectivity index (χ2n) is 13.7. The molecule has 2 saturated carbocycles. The zero-order valence-corrected chi connectivity index (χ0v) is 24.8. The molecule has 4 aliphatic carbocycles. The Morgan fingerprint density at radius 1 is 1.05 bits per heavy atom. The van der Waals surface area contributed by atoms with Crippen molar-refractivity contribution in [3.8, 4) is 5.75 Å². The summed E-state index contributed by atoms with van der Waals surface area (Å²) in [4.78, 5) is 68.4. The molecule has 7 heteroatoms. The van der Waals surface area contributed by atoms with Crippen molar-refractivity contribution in [1.82, 2.24) is 0 Å². The maximum absolute atomic E-state index is 14.4. The molecular weight excluding hydrogens is 520 g/mol. The van der Waals surface area contributed by atoms with E-state index in [9.17, 15) is 34.2 Å². The molecule has 7 nitrogen and oxygen atoms in total. The van der Waals surface area contributed by atoms with Crippen LogP contribution >= 0.6 is 0 Å². The van der Waals surface area contributed by atoms with Crippen molar-refractivity contribution >= 4 is 35.0 Å². The maximum Gasteiger partial charge on any atom is 0.190 e. The first-order chi connectivity index (χ1) is 19.1. The third-order valence-electron chi connectivity index (χ3n) is 10.5. The van der Waals surface area contributed by atoms with Crippen molar-refractivity contribution in [3.63, 3.8) is 0 Å². The standard InChI is InChI=1S/C34H40O7/c1-17(2)26-28(37)24(19(4)35)30(39)34(41)31(40)27-29(38)25-22(15-32(27,5)16-33(26,34)6)21(12-13-23(25)36)14-18(3)20-10-8-7-9-11-20/h10,12-14,17,24,26-27,36,41H,7-9,11,15-16H2,1-6H3/b18-14+/t24?,26?,27?,32-,33-,34+/m1/s1. The second-order valence-corrected chi connectivity index (χ2v) is 13.7. The van der Waals surface area contributed by atoms with Crippen LogP contribution in [0.1, 0.15) is 95.1 Å². The molecule has 1 aromatic rings. The topological polar surface area (TPSA) is 126 Å². The van der Waals surface area contributed by atoms with Crippen molar-refractivity contribution in [2.75, 3.05) is 0 Å².